The van der Waals surface area contributed by atoms with Crippen LogP contribution in [0.25, 0.3) is 10.2 Å². The summed E-state index contributed by atoms with van der Waals surface area (Å²) in [5.74, 6) is -0.380. The van der Waals surface area contributed by atoms with Crippen molar-refractivity contribution in [3.05, 3.63) is 23.8 Å². The number of carbonyl (C=O) groups excluding carboxylic acids is 1. The fraction of sp³-hybridized carbons (Fsp3) is 0.385. The van der Waals surface area contributed by atoms with Crippen LogP contribution in [0.5, 0.6) is 0 Å². The molecule has 6 nitrogen and oxygen atoms in total. The van der Waals surface area contributed by atoms with Gasteiger partial charge in [0, 0.05) is 7.11 Å². The van der Waals surface area contributed by atoms with Crippen LogP contribution in [0.1, 0.15) is 10.4 Å². The van der Waals surface area contributed by atoms with Gasteiger partial charge in [-0.1, -0.05) is 11.3 Å². The molecule has 0 aliphatic rings. The van der Waals surface area contributed by atoms with Crippen LogP contribution in [-0.2, 0) is 14.2 Å². The van der Waals surface area contributed by atoms with E-state index < -0.39 is 0 Å². The summed E-state index contributed by atoms with van der Waals surface area (Å²) in [5.41, 5.74) is 6.89. The number of methoxy groups -OCH3 is 1. The van der Waals surface area contributed by atoms with Crippen LogP contribution in [0, 0.1) is 0 Å². The molecule has 2 rings (SSSR count). The van der Waals surface area contributed by atoms with Gasteiger partial charge in [0.05, 0.1) is 35.6 Å². The molecule has 0 aliphatic carbocycles. The molecule has 0 amide bonds. The van der Waals surface area contributed by atoms with Gasteiger partial charge in [0.25, 0.3) is 0 Å². The molecule has 1 heterocycles. The number of benzene rings is 1. The van der Waals surface area contributed by atoms with Crippen LogP contribution in [0.4, 0.5) is 5.13 Å². The van der Waals surface area contributed by atoms with E-state index in [0.717, 1.165) is 10.2 Å². The maximum Gasteiger partial charge on any atom is 0.338 e. The Bertz CT molecular complexity index is 585. The Hall–Kier alpha value is -1.70. The molecule has 0 radical (unpaired) electrons. The van der Waals surface area contributed by atoms with E-state index in [2.05, 4.69) is 4.98 Å². The van der Waals surface area contributed by atoms with Gasteiger partial charge in [0.2, 0.25) is 0 Å². The van der Waals surface area contributed by atoms with Crippen molar-refractivity contribution >= 4 is 32.7 Å². The first-order valence-corrected chi connectivity index (χ1v) is 6.92. The van der Waals surface area contributed by atoms with Crippen molar-refractivity contribution in [1.82, 2.24) is 4.98 Å². The molecule has 7 heteroatoms. The molecule has 0 saturated carbocycles. The maximum atomic E-state index is 11.8. The van der Waals surface area contributed by atoms with Gasteiger partial charge in [-0.25, -0.2) is 9.78 Å². The number of fused-ring (bicyclic) bond motifs is 1. The number of nitrogens with zero attached hydrogens (tertiary/aromatic N) is 1. The molecule has 20 heavy (non-hydrogen) atoms. The lowest BCUT2D eigenvalue weighted by atomic mass is 10.2. The quantitative estimate of drug-likeness (QED) is 0.618. The van der Waals surface area contributed by atoms with Crippen LogP contribution >= 0.6 is 11.3 Å². The van der Waals surface area contributed by atoms with E-state index in [1.54, 1.807) is 25.3 Å². The van der Waals surface area contributed by atoms with E-state index >= 15 is 0 Å². The topological polar surface area (TPSA) is 83.7 Å². The number of carbonyl (C=O) groups is 1. The lowest BCUT2D eigenvalue weighted by Gasteiger charge is -2.05. The second kappa shape index (κ2) is 7.18. The largest absolute Gasteiger partial charge is 0.460 e. The molecular weight excluding hydrogens is 280 g/mol. The summed E-state index contributed by atoms with van der Waals surface area (Å²) in [6, 6.07) is 5.17. The number of anilines is 1. The predicted molar refractivity (Wildman–Crippen MR) is 77.0 cm³/mol. The van der Waals surface area contributed by atoms with Crippen LogP contribution in [0.15, 0.2) is 18.2 Å². The minimum Gasteiger partial charge on any atom is -0.460 e. The van der Waals surface area contributed by atoms with Crippen molar-refractivity contribution in [3.8, 4) is 0 Å². The third-order valence-corrected chi connectivity index (χ3v) is 3.38. The monoisotopic (exact) mass is 296 g/mol. The summed E-state index contributed by atoms with van der Waals surface area (Å²) in [6.07, 6.45) is 0. The fourth-order valence-corrected chi connectivity index (χ4v) is 2.36. The molecule has 2 aromatic rings. The Labute approximate surface area is 120 Å². The molecule has 108 valence electrons. The summed E-state index contributed by atoms with van der Waals surface area (Å²) in [4.78, 5) is 16.0. The van der Waals surface area contributed by atoms with Crippen molar-refractivity contribution in [2.45, 2.75) is 0 Å². The number of rotatable bonds is 7. The van der Waals surface area contributed by atoms with Gasteiger partial charge in [-0.15, -0.1) is 0 Å². The molecular formula is C13H16N2O4S. The van der Waals surface area contributed by atoms with Gasteiger partial charge >= 0.3 is 5.97 Å². The number of ether oxygens (including phenoxy) is 3. The van der Waals surface area contributed by atoms with Gasteiger partial charge in [-0.2, -0.15) is 0 Å². The third kappa shape index (κ3) is 3.89. The molecule has 0 unspecified atom stereocenters. The first-order valence-electron chi connectivity index (χ1n) is 6.10. The number of hydrogen-bond donors (Lipinski definition) is 1. The van der Waals surface area contributed by atoms with Crippen molar-refractivity contribution in [1.29, 1.82) is 0 Å². The van der Waals surface area contributed by atoms with Gasteiger partial charge in [-0.3, -0.25) is 0 Å². The van der Waals surface area contributed by atoms with E-state index in [-0.39, 0.29) is 12.6 Å². The summed E-state index contributed by atoms with van der Waals surface area (Å²) in [6.45, 7) is 1.58. The van der Waals surface area contributed by atoms with Crippen LogP contribution < -0.4 is 5.73 Å². The smallest absolute Gasteiger partial charge is 0.338 e. The molecule has 2 N–H and O–H groups in total. The maximum absolute atomic E-state index is 11.8. The number of aromatic nitrogens is 1. The lowest BCUT2D eigenvalue weighted by Crippen LogP contribution is -2.12. The molecule has 0 spiro atoms. The molecule has 0 bridgehead atoms. The molecule has 0 atom stereocenters. The van der Waals surface area contributed by atoms with Crippen LogP contribution in [0.2, 0.25) is 0 Å². The number of esters is 1. The van der Waals surface area contributed by atoms with Gasteiger partial charge < -0.3 is 19.9 Å². The number of nitrogens with two attached hydrogens (primary N) is 1. The second-order valence-corrected chi connectivity index (χ2v) is 5.04. The van der Waals surface area contributed by atoms with Gasteiger partial charge in [0.15, 0.2) is 5.13 Å². The number of hydrogen-bond acceptors (Lipinski definition) is 7. The summed E-state index contributed by atoms with van der Waals surface area (Å²) >= 11 is 1.34. The Morgan fingerprint density at radius 2 is 2.10 bits per heavy atom. The Kier molecular flexibility index (Phi) is 5.28. The first-order chi connectivity index (χ1) is 9.70. The van der Waals surface area contributed by atoms with E-state index in [0.29, 0.717) is 30.5 Å². The lowest BCUT2D eigenvalue weighted by molar-refractivity contribution is 0.0214. The minimum absolute atomic E-state index is 0.214. The van der Waals surface area contributed by atoms with E-state index in [4.69, 9.17) is 19.9 Å². The second-order valence-electron chi connectivity index (χ2n) is 3.98. The zero-order valence-corrected chi connectivity index (χ0v) is 11.9. The molecule has 1 aromatic heterocycles. The van der Waals surface area contributed by atoms with Crippen molar-refractivity contribution < 1.29 is 19.0 Å². The zero-order valence-electron chi connectivity index (χ0n) is 11.1. The average Bonchev–Trinajstić information content (AvgIpc) is 2.81. The van der Waals surface area contributed by atoms with Crippen molar-refractivity contribution in [2.24, 2.45) is 0 Å². The highest BCUT2D eigenvalue weighted by molar-refractivity contribution is 7.22. The highest BCUT2D eigenvalue weighted by atomic mass is 32.1. The highest BCUT2D eigenvalue weighted by Gasteiger charge is 2.09. The van der Waals surface area contributed by atoms with Gasteiger partial charge in [0.1, 0.15) is 6.61 Å². The predicted octanol–water partition coefficient (Wildman–Crippen LogP) is 1.70. The summed E-state index contributed by atoms with van der Waals surface area (Å²) in [5, 5.41) is 0.483. The fourth-order valence-electron chi connectivity index (χ4n) is 1.59. The van der Waals surface area contributed by atoms with Crippen molar-refractivity contribution in [3.63, 3.8) is 0 Å². The minimum atomic E-state index is -0.380. The average molecular weight is 296 g/mol. The standard InChI is InChI=1S/C13H16N2O4S/c1-17-4-5-18-6-7-19-12(16)9-2-3-10-11(8-9)20-13(14)15-10/h2-3,8H,4-7H2,1H3,(H2,14,15). The SMILES string of the molecule is COCCOCCOC(=O)c1ccc2nc(N)sc2c1. The zero-order chi connectivity index (χ0) is 14.4. The van der Waals surface area contributed by atoms with Crippen molar-refractivity contribution in [2.75, 3.05) is 39.3 Å². The Balaban J connectivity index is 1.84. The molecule has 0 aliphatic heterocycles. The van der Waals surface area contributed by atoms with E-state index in [1.807, 2.05) is 0 Å². The molecule has 0 fully saturated rings. The number of nitrogen functional groups attached to an aromatic ring is 1. The first kappa shape index (κ1) is 14.7. The Morgan fingerprint density at radius 3 is 2.90 bits per heavy atom. The van der Waals surface area contributed by atoms with Crippen LogP contribution in [-0.4, -0.2) is 44.5 Å². The molecule has 0 saturated heterocycles. The highest BCUT2D eigenvalue weighted by Crippen LogP contribution is 2.24. The summed E-state index contributed by atoms with van der Waals surface area (Å²) in [7, 11) is 1.60. The molecule has 1 aromatic carbocycles. The summed E-state index contributed by atoms with van der Waals surface area (Å²) < 4.78 is 16.0. The number of thiazole rings is 1. The normalized spacial score (nSPS) is 10.8. The van der Waals surface area contributed by atoms with E-state index in [9.17, 15) is 4.79 Å². The van der Waals surface area contributed by atoms with E-state index in [1.165, 1.54) is 11.3 Å². The Morgan fingerprint density at radius 1 is 1.30 bits per heavy atom. The third-order valence-electron chi connectivity index (χ3n) is 2.53. The van der Waals surface area contributed by atoms with Gasteiger partial charge in [-0.05, 0) is 18.2 Å². The van der Waals surface area contributed by atoms with Crippen LogP contribution in [0.3, 0.4) is 0 Å².